The van der Waals surface area contributed by atoms with E-state index in [0.29, 0.717) is 29.7 Å². The van der Waals surface area contributed by atoms with Gasteiger partial charge in [-0.3, -0.25) is 4.90 Å². The number of esters is 1. The largest absolute Gasteiger partial charge is 0.554 e. The zero-order valence-corrected chi connectivity index (χ0v) is 24.4. The fourth-order valence-corrected chi connectivity index (χ4v) is 5.24. The number of carbonyl (C=O) groups excluding carboxylic acids is 2. The van der Waals surface area contributed by atoms with Crippen LogP contribution in [-0.4, -0.2) is 38.9 Å². The van der Waals surface area contributed by atoms with Gasteiger partial charge in [0.25, 0.3) is 0 Å². The highest BCUT2D eigenvalue weighted by Gasteiger charge is 2.41. The lowest BCUT2D eigenvalue weighted by atomic mass is 9.89. The number of imidazole rings is 1. The van der Waals surface area contributed by atoms with Gasteiger partial charge < -0.3 is 14.6 Å². The highest BCUT2D eigenvalue weighted by atomic mass is 19.4. The molecule has 2 aromatic heterocycles. The van der Waals surface area contributed by atoms with Crippen LogP contribution in [0.5, 0.6) is 0 Å². The normalized spacial score (nSPS) is 14.2. The van der Waals surface area contributed by atoms with Gasteiger partial charge in [-0.05, 0) is 55.3 Å². The molecule has 0 radical (unpaired) electrons. The van der Waals surface area contributed by atoms with E-state index in [2.05, 4.69) is 16.3 Å². The third kappa shape index (κ3) is 6.49. The van der Waals surface area contributed by atoms with E-state index in [1.807, 2.05) is 34.8 Å². The number of allylic oxidation sites excluding steroid dienone is 1. The molecule has 0 bridgehead atoms. The smallest absolute Gasteiger partial charge is 0.416 e. The Morgan fingerprint density at radius 3 is 2.62 bits per heavy atom. The first-order chi connectivity index (χ1) is 21.5. The van der Waals surface area contributed by atoms with E-state index in [9.17, 15) is 28.0 Å². The first-order valence-corrected chi connectivity index (χ1v) is 13.6. The van der Waals surface area contributed by atoms with Crippen molar-refractivity contribution in [3.8, 4) is 6.07 Å². The number of nitrogens with zero attached hydrogens (tertiary/aromatic N) is 6. The molecular weight excluding hydrogens is 595 g/mol. The van der Waals surface area contributed by atoms with Crippen LogP contribution in [-0.2, 0) is 40.0 Å². The fraction of sp³-hybridized carbons (Fsp3) is 0.267. The molecule has 45 heavy (non-hydrogen) atoms. The summed E-state index contributed by atoms with van der Waals surface area (Å²) in [4.78, 5) is 36.2. The number of aromatic nitrogens is 5. The van der Waals surface area contributed by atoms with Crippen LogP contribution in [0.15, 0.2) is 77.3 Å². The molecule has 1 N–H and O–H groups in total. The van der Waals surface area contributed by atoms with Crippen LogP contribution >= 0.6 is 0 Å². The van der Waals surface area contributed by atoms with E-state index in [0.717, 1.165) is 18.7 Å². The van der Waals surface area contributed by atoms with Gasteiger partial charge in [-0.1, -0.05) is 12.1 Å². The second-order valence-corrected chi connectivity index (χ2v) is 9.83. The van der Waals surface area contributed by atoms with Crippen LogP contribution in [0.2, 0.25) is 0 Å². The number of nitrogens with one attached hydrogen (secondary N) is 1. The Bertz CT molecular complexity index is 1850. The van der Waals surface area contributed by atoms with Crippen molar-refractivity contribution in [3.63, 3.8) is 0 Å². The highest BCUT2D eigenvalue weighted by molar-refractivity contribution is 5.93. The Labute approximate surface area is 254 Å². The molecule has 12 nitrogen and oxygen atoms in total. The van der Waals surface area contributed by atoms with Gasteiger partial charge >= 0.3 is 17.8 Å². The molecule has 15 heteroatoms. The predicted octanol–water partition coefficient (Wildman–Crippen LogP) is 2.37. The van der Waals surface area contributed by atoms with Gasteiger partial charge in [0.2, 0.25) is 12.3 Å². The lowest BCUT2D eigenvalue weighted by molar-refractivity contribution is -0.696. The number of aromatic amines is 1. The van der Waals surface area contributed by atoms with Crippen molar-refractivity contribution in [2.75, 3.05) is 12.0 Å². The van der Waals surface area contributed by atoms with Gasteiger partial charge in [-0.15, -0.1) is 5.10 Å². The van der Waals surface area contributed by atoms with Gasteiger partial charge in [-0.2, -0.15) is 18.4 Å². The number of halogens is 3. The molecule has 234 valence electrons. The number of methoxy groups -OCH3 is 1. The van der Waals surface area contributed by atoms with Gasteiger partial charge in [-0.25, -0.2) is 28.4 Å². The number of nitriles is 1. The Kier molecular flexibility index (Phi) is 9.56. The number of carbonyl (C=O) groups is 2. The van der Waals surface area contributed by atoms with Crippen molar-refractivity contribution in [2.45, 2.75) is 45.6 Å². The molecule has 1 aliphatic rings. The molecule has 4 aromatic rings. The minimum Gasteiger partial charge on any atom is -0.554 e. The Morgan fingerprint density at radius 1 is 1.27 bits per heavy atom. The standard InChI is InChI=1S/C29H26F3N7O3.CH2O2/c1-4-36-12-13-37(17-36)11-10-20-14-19(16-33)8-9-23(20)25-24(26(40)42-3)18(2)38(27-34-35-28(41)39(25)27)22-7-5-6-21(15-22)29(30,31)32;2-1-3/h5-9,12-15,17,25H,4,10-11H2,1-3H3;1H,(H,2,3). The predicted molar refractivity (Wildman–Crippen MR) is 151 cm³/mol. The van der Waals surface area contributed by atoms with Gasteiger partial charge in [0.05, 0.1) is 43.0 Å². The summed E-state index contributed by atoms with van der Waals surface area (Å²) in [6.07, 6.45) is 1.65. The molecular formula is C30H28F3N7O5. The quantitative estimate of drug-likeness (QED) is 0.187. The van der Waals surface area contributed by atoms with Crippen LogP contribution in [0.3, 0.4) is 0 Å². The van der Waals surface area contributed by atoms with Crippen LogP contribution in [0, 0.1) is 11.3 Å². The molecule has 2 aromatic carbocycles. The maximum atomic E-state index is 13.6. The lowest BCUT2D eigenvalue weighted by Gasteiger charge is -2.36. The number of carboxylic acid groups (broad SMARTS) is 1. The average molecular weight is 624 g/mol. The van der Waals surface area contributed by atoms with Crippen molar-refractivity contribution < 1.29 is 37.2 Å². The summed E-state index contributed by atoms with van der Waals surface area (Å²) in [7, 11) is 1.19. The number of rotatable bonds is 7. The monoisotopic (exact) mass is 623 g/mol. The summed E-state index contributed by atoms with van der Waals surface area (Å²) in [5.41, 5.74) is 0.414. The molecule has 3 heterocycles. The first-order valence-electron chi connectivity index (χ1n) is 13.6. The highest BCUT2D eigenvalue weighted by Crippen LogP contribution is 2.43. The number of alkyl halides is 3. The minimum absolute atomic E-state index is 0.000755. The number of H-pyrrole nitrogens is 1. The summed E-state index contributed by atoms with van der Waals surface area (Å²) in [5, 5.41) is 24.4. The molecule has 0 amide bonds. The van der Waals surface area contributed by atoms with E-state index in [1.54, 1.807) is 25.1 Å². The van der Waals surface area contributed by atoms with Crippen LogP contribution in [0.25, 0.3) is 0 Å². The number of aryl methyl sites for hydroxylation is 3. The summed E-state index contributed by atoms with van der Waals surface area (Å²) in [6, 6.07) is 10.6. The zero-order valence-electron chi connectivity index (χ0n) is 24.4. The van der Waals surface area contributed by atoms with Crippen molar-refractivity contribution in [1.82, 2.24) is 19.3 Å². The minimum atomic E-state index is -4.62. The number of hydrogen-bond acceptors (Lipinski definition) is 8. The summed E-state index contributed by atoms with van der Waals surface area (Å²) in [5.74, 6) is -0.767. The summed E-state index contributed by atoms with van der Waals surface area (Å²) in [6.45, 7) is 4.43. The number of benzene rings is 2. The molecule has 0 aliphatic carbocycles. The van der Waals surface area contributed by atoms with Crippen molar-refractivity contribution in [1.29, 1.82) is 5.26 Å². The van der Waals surface area contributed by atoms with E-state index >= 15 is 0 Å². The van der Waals surface area contributed by atoms with Gasteiger partial charge in [0, 0.05) is 24.3 Å². The fourth-order valence-electron chi connectivity index (χ4n) is 5.24. The van der Waals surface area contributed by atoms with E-state index in [4.69, 9.17) is 14.6 Å². The van der Waals surface area contributed by atoms with Crippen LogP contribution < -0.4 is 20.3 Å². The Balaban J connectivity index is 0.00000148. The van der Waals surface area contributed by atoms with E-state index < -0.39 is 35.9 Å². The summed E-state index contributed by atoms with van der Waals surface area (Å²) < 4.78 is 51.1. The maximum Gasteiger partial charge on any atom is 0.416 e. The second kappa shape index (κ2) is 13.3. The van der Waals surface area contributed by atoms with E-state index in [-0.39, 0.29) is 22.9 Å². The number of anilines is 2. The molecule has 1 unspecified atom stereocenters. The van der Waals surface area contributed by atoms with E-state index in [1.165, 1.54) is 28.7 Å². The zero-order chi connectivity index (χ0) is 32.9. The van der Waals surface area contributed by atoms with Crippen molar-refractivity contribution in [3.05, 3.63) is 105 Å². The SMILES string of the molecule is CCn1cc[n+](CCc2cc(C#N)ccc2C2C(C(=O)OC)=C(C)N(c3cccc(C(F)(F)F)c3)c3n[nH]c(=O)n32)c1.O=C[O-]. The molecule has 0 spiro atoms. The number of hydrogen-bond donors (Lipinski definition) is 1. The third-order valence-electron chi connectivity index (χ3n) is 7.30. The second-order valence-electron chi connectivity index (χ2n) is 9.83. The molecule has 0 saturated carbocycles. The average Bonchev–Trinajstić information content (AvgIpc) is 3.65. The van der Waals surface area contributed by atoms with Crippen LogP contribution in [0.4, 0.5) is 24.8 Å². The van der Waals surface area contributed by atoms with Gasteiger partial charge in [0.15, 0.2) is 0 Å². The van der Waals surface area contributed by atoms with Crippen LogP contribution in [0.1, 0.15) is 42.1 Å². The Morgan fingerprint density at radius 2 is 2.00 bits per heavy atom. The Hall–Kier alpha value is -5.65. The molecule has 0 saturated heterocycles. The summed E-state index contributed by atoms with van der Waals surface area (Å²) >= 11 is 0. The third-order valence-corrected chi connectivity index (χ3v) is 7.30. The molecule has 1 aliphatic heterocycles. The number of fused-ring (bicyclic) bond motifs is 1. The topological polar surface area (TPSA) is 153 Å². The lowest BCUT2D eigenvalue weighted by Crippen LogP contribution is -2.38. The number of ether oxygens (including phenoxy) is 1. The molecule has 1 atom stereocenters. The first kappa shape index (κ1) is 32.3. The van der Waals surface area contributed by atoms with Gasteiger partial charge in [0.1, 0.15) is 18.4 Å². The molecule has 5 rings (SSSR count). The maximum absolute atomic E-state index is 13.6. The van der Waals surface area contributed by atoms with Crippen molar-refractivity contribution >= 4 is 24.1 Å². The van der Waals surface area contributed by atoms with Crippen molar-refractivity contribution in [2.24, 2.45) is 0 Å². The molecule has 0 fully saturated rings.